The molecular formula is C20H22ClFN2O5S. The molecule has 1 heterocycles. The summed E-state index contributed by atoms with van der Waals surface area (Å²) in [5.74, 6) is -1.04. The van der Waals surface area contributed by atoms with Gasteiger partial charge < -0.3 is 9.47 Å². The fourth-order valence-electron chi connectivity index (χ4n) is 3.25. The van der Waals surface area contributed by atoms with Gasteiger partial charge in [0, 0.05) is 25.7 Å². The summed E-state index contributed by atoms with van der Waals surface area (Å²) in [6.07, 6.45) is 0. The molecule has 1 saturated heterocycles. The van der Waals surface area contributed by atoms with Crippen LogP contribution in [0, 0.1) is 5.82 Å². The number of carbonyl (C=O) groups is 1. The maximum atomic E-state index is 13.4. The Hall–Kier alpha value is -2.04. The van der Waals surface area contributed by atoms with Crippen LogP contribution in [0.1, 0.15) is 22.0 Å². The van der Waals surface area contributed by atoms with Gasteiger partial charge in [-0.25, -0.2) is 22.3 Å². The molecule has 10 heteroatoms. The number of esters is 1. The number of nitrogens with one attached hydrogen (secondary N) is 1. The van der Waals surface area contributed by atoms with Gasteiger partial charge in [-0.3, -0.25) is 4.90 Å². The Morgan fingerprint density at radius 1 is 1.23 bits per heavy atom. The molecule has 30 heavy (non-hydrogen) atoms. The minimum Gasteiger partial charge on any atom is -0.465 e. The summed E-state index contributed by atoms with van der Waals surface area (Å²) in [7, 11) is -2.82. The van der Waals surface area contributed by atoms with Crippen LogP contribution in [0.4, 0.5) is 4.39 Å². The van der Waals surface area contributed by atoms with E-state index in [9.17, 15) is 17.6 Å². The number of hydrogen-bond donors (Lipinski definition) is 1. The van der Waals surface area contributed by atoms with E-state index in [4.69, 9.17) is 16.3 Å². The van der Waals surface area contributed by atoms with Crippen molar-refractivity contribution < 1.29 is 27.1 Å². The van der Waals surface area contributed by atoms with Gasteiger partial charge in [-0.1, -0.05) is 23.7 Å². The zero-order valence-corrected chi connectivity index (χ0v) is 17.9. The molecule has 1 aliphatic rings. The number of halogens is 2. The molecule has 1 atom stereocenters. The molecule has 0 aliphatic carbocycles. The lowest BCUT2D eigenvalue weighted by atomic mass is 10.0. The number of morpholine rings is 1. The predicted molar refractivity (Wildman–Crippen MR) is 110 cm³/mol. The van der Waals surface area contributed by atoms with Crippen LogP contribution in [0.5, 0.6) is 0 Å². The smallest absolute Gasteiger partial charge is 0.337 e. The van der Waals surface area contributed by atoms with Crippen LogP contribution in [-0.2, 0) is 19.5 Å². The predicted octanol–water partition coefficient (Wildman–Crippen LogP) is 2.62. The van der Waals surface area contributed by atoms with Gasteiger partial charge in [0.05, 0.1) is 30.9 Å². The third-order valence-corrected chi connectivity index (χ3v) is 6.75. The van der Waals surface area contributed by atoms with Crippen LogP contribution in [-0.4, -0.2) is 59.2 Å². The fourth-order valence-corrected chi connectivity index (χ4v) is 4.81. The summed E-state index contributed by atoms with van der Waals surface area (Å²) in [6, 6.07) is 9.53. The molecule has 3 rings (SSSR count). The highest BCUT2D eigenvalue weighted by atomic mass is 35.5. The Labute approximate surface area is 179 Å². The highest BCUT2D eigenvalue weighted by Gasteiger charge is 2.26. The van der Waals surface area contributed by atoms with Crippen LogP contribution < -0.4 is 4.72 Å². The molecule has 1 N–H and O–H groups in total. The average molecular weight is 457 g/mol. The SMILES string of the molecule is COC(=O)c1ccc(Cl)c(S(=O)(=O)NCC(c2ccc(F)cc2)N2CCOCC2)c1. The molecule has 0 spiro atoms. The molecule has 0 radical (unpaired) electrons. The number of benzene rings is 2. The van der Waals surface area contributed by atoms with E-state index in [0.717, 1.165) is 5.56 Å². The molecule has 162 valence electrons. The molecular weight excluding hydrogens is 435 g/mol. The van der Waals surface area contributed by atoms with Crippen molar-refractivity contribution >= 4 is 27.6 Å². The lowest BCUT2D eigenvalue weighted by Gasteiger charge is -2.35. The van der Waals surface area contributed by atoms with E-state index in [1.165, 1.54) is 37.4 Å². The largest absolute Gasteiger partial charge is 0.465 e. The second kappa shape index (κ2) is 9.84. The van der Waals surface area contributed by atoms with Crippen molar-refractivity contribution in [3.05, 3.63) is 64.4 Å². The van der Waals surface area contributed by atoms with Crippen molar-refractivity contribution in [3.63, 3.8) is 0 Å². The van der Waals surface area contributed by atoms with E-state index in [1.54, 1.807) is 12.1 Å². The summed E-state index contributed by atoms with van der Waals surface area (Å²) in [5, 5.41) is -0.0140. The molecule has 7 nitrogen and oxygen atoms in total. The third kappa shape index (κ3) is 5.35. The van der Waals surface area contributed by atoms with Crippen LogP contribution in [0.3, 0.4) is 0 Å². The third-order valence-electron chi connectivity index (χ3n) is 4.85. The highest BCUT2D eigenvalue weighted by Crippen LogP contribution is 2.25. The lowest BCUT2D eigenvalue weighted by Crippen LogP contribution is -2.43. The Balaban J connectivity index is 1.85. The van der Waals surface area contributed by atoms with Crippen molar-refractivity contribution in [3.8, 4) is 0 Å². The minimum absolute atomic E-state index is 0.0140. The molecule has 0 aromatic heterocycles. The first-order chi connectivity index (χ1) is 14.3. The second-order valence-corrected chi connectivity index (χ2v) is 8.85. The van der Waals surface area contributed by atoms with Gasteiger partial charge in [-0.15, -0.1) is 0 Å². The van der Waals surface area contributed by atoms with E-state index in [0.29, 0.717) is 26.3 Å². The fraction of sp³-hybridized carbons (Fsp3) is 0.350. The van der Waals surface area contributed by atoms with E-state index in [1.807, 2.05) is 0 Å². The summed E-state index contributed by atoms with van der Waals surface area (Å²) < 4.78 is 51.8. The van der Waals surface area contributed by atoms with E-state index in [-0.39, 0.29) is 33.9 Å². The first-order valence-corrected chi connectivity index (χ1v) is 11.1. The highest BCUT2D eigenvalue weighted by molar-refractivity contribution is 7.89. The number of hydrogen-bond acceptors (Lipinski definition) is 6. The number of sulfonamides is 1. The summed E-state index contributed by atoms with van der Waals surface area (Å²) in [6.45, 7) is 2.31. The zero-order valence-electron chi connectivity index (χ0n) is 16.3. The van der Waals surface area contributed by atoms with Gasteiger partial charge in [-0.05, 0) is 35.9 Å². The monoisotopic (exact) mass is 456 g/mol. The van der Waals surface area contributed by atoms with Gasteiger partial charge in [0.25, 0.3) is 0 Å². The van der Waals surface area contributed by atoms with Crippen molar-refractivity contribution in [2.24, 2.45) is 0 Å². The summed E-state index contributed by atoms with van der Waals surface area (Å²) in [4.78, 5) is 13.6. The minimum atomic E-state index is -4.03. The standard InChI is InChI=1S/C20H22ClFN2O5S/c1-28-20(25)15-4-7-17(21)19(12-15)30(26,27)23-13-18(24-8-10-29-11-9-24)14-2-5-16(22)6-3-14/h2-7,12,18,23H,8-11,13H2,1H3. The Morgan fingerprint density at radius 3 is 2.53 bits per heavy atom. The molecule has 1 aliphatic heterocycles. The van der Waals surface area contributed by atoms with Gasteiger partial charge >= 0.3 is 5.97 Å². The molecule has 2 aromatic carbocycles. The molecule has 0 saturated carbocycles. The lowest BCUT2D eigenvalue weighted by molar-refractivity contribution is 0.0172. The van der Waals surface area contributed by atoms with Crippen LogP contribution >= 0.6 is 11.6 Å². The first kappa shape index (κ1) is 22.6. The Bertz CT molecular complexity index is 995. The summed E-state index contributed by atoms with van der Waals surface area (Å²) in [5.41, 5.74) is 0.848. The van der Waals surface area contributed by atoms with Crippen LogP contribution in [0.25, 0.3) is 0 Å². The maximum Gasteiger partial charge on any atom is 0.337 e. The molecule has 1 fully saturated rings. The second-order valence-electron chi connectivity index (χ2n) is 6.70. The van der Waals surface area contributed by atoms with Gasteiger partial charge in [-0.2, -0.15) is 0 Å². The van der Waals surface area contributed by atoms with E-state index < -0.39 is 16.0 Å². The topological polar surface area (TPSA) is 84.9 Å². The quantitative estimate of drug-likeness (QED) is 0.645. The normalized spacial score (nSPS) is 16.2. The Kier molecular flexibility index (Phi) is 7.43. The van der Waals surface area contributed by atoms with E-state index in [2.05, 4.69) is 14.4 Å². The van der Waals surface area contributed by atoms with Gasteiger partial charge in [0.15, 0.2) is 0 Å². The van der Waals surface area contributed by atoms with Gasteiger partial charge in [0.1, 0.15) is 10.7 Å². The van der Waals surface area contributed by atoms with Crippen molar-refractivity contribution in [2.45, 2.75) is 10.9 Å². The van der Waals surface area contributed by atoms with Crippen LogP contribution in [0.15, 0.2) is 47.4 Å². The van der Waals surface area contributed by atoms with E-state index >= 15 is 0 Å². The van der Waals surface area contributed by atoms with Crippen molar-refractivity contribution in [2.75, 3.05) is 40.0 Å². The number of ether oxygens (including phenoxy) is 2. The zero-order chi connectivity index (χ0) is 21.7. The Morgan fingerprint density at radius 2 is 1.90 bits per heavy atom. The van der Waals surface area contributed by atoms with Crippen LogP contribution in [0.2, 0.25) is 5.02 Å². The van der Waals surface area contributed by atoms with Crippen molar-refractivity contribution in [1.29, 1.82) is 0 Å². The average Bonchev–Trinajstić information content (AvgIpc) is 2.75. The molecule has 1 unspecified atom stereocenters. The summed E-state index contributed by atoms with van der Waals surface area (Å²) >= 11 is 6.09. The number of methoxy groups -OCH3 is 1. The number of rotatable bonds is 7. The van der Waals surface area contributed by atoms with Crippen molar-refractivity contribution in [1.82, 2.24) is 9.62 Å². The number of carbonyl (C=O) groups excluding carboxylic acids is 1. The molecule has 2 aromatic rings. The maximum absolute atomic E-state index is 13.4. The van der Waals surface area contributed by atoms with Gasteiger partial charge in [0.2, 0.25) is 10.0 Å². The molecule has 0 bridgehead atoms. The molecule has 0 amide bonds. The first-order valence-electron chi connectivity index (χ1n) is 9.26. The number of nitrogens with zero attached hydrogens (tertiary/aromatic N) is 1.